The van der Waals surface area contributed by atoms with Gasteiger partial charge in [-0.15, -0.1) is 0 Å². The van der Waals surface area contributed by atoms with Gasteiger partial charge in [0.25, 0.3) is 0 Å². The van der Waals surface area contributed by atoms with E-state index in [0.29, 0.717) is 18.0 Å². The smallest absolute Gasteiger partial charge is 0.341 e. The number of carbonyl (C=O) groups excluding carboxylic acids is 1. The van der Waals surface area contributed by atoms with Crippen molar-refractivity contribution in [3.05, 3.63) is 47.2 Å². The van der Waals surface area contributed by atoms with E-state index in [2.05, 4.69) is 9.97 Å². The Morgan fingerprint density at radius 1 is 1.28 bits per heavy atom. The first-order valence-electron chi connectivity index (χ1n) is 5.47. The van der Waals surface area contributed by atoms with Crippen LogP contribution in [0, 0.1) is 0 Å². The highest BCUT2D eigenvalue weighted by Crippen LogP contribution is 2.20. The Hall–Kier alpha value is -1.94. The molecule has 0 saturated carbocycles. The third-order valence-electron chi connectivity index (χ3n) is 2.27. The van der Waals surface area contributed by atoms with Crippen molar-refractivity contribution in [3.63, 3.8) is 0 Å². The predicted octanol–water partition coefficient (Wildman–Crippen LogP) is 2.97. The minimum Gasteiger partial charge on any atom is -0.462 e. The standard InChI is InChI=1S/C13H11ClN2O2/c1-2-18-13(17)9-6-7-11(16-12(9)14)10-5-3-4-8-15-10/h3-8H,2H2,1H3. The summed E-state index contributed by atoms with van der Waals surface area (Å²) in [6.07, 6.45) is 1.67. The number of esters is 1. The van der Waals surface area contributed by atoms with Crippen LogP contribution in [0.4, 0.5) is 0 Å². The van der Waals surface area contributed by atoms with E-state index in [1.165, 1.54) is 0 Å². The Kier molecular flexibility index (Phi) is 3.89. The topological polar surface area (TPSA) is 52.1 Å². The van der Waals surface area contributed by atoms with Crippen LogP contribution in [0.15, 0.2) is 36.5 Å². The number of ether oxygens (including phenoxy) is 1. The molecule has 4 nitrogen and oxygen atoms in total. The van der Waals surface area contributed by atoms with Crippen LogP contribution in [0.2, 0.25) is 5.15 Å². The largest absolute Gasteiger partial charge is 0.462 e. The maximum absolute atomic E-state index is 11.6. The molecule has 0 radical (unpaired) electrons. The second-order valence-corrected chi connectivity index (χ2v) is 3.83. The number of hydrogen-bond donors (Lipinski definition) is 0. The van der Waals surface area contributed by atoms with E-state index in [9.17, 15) is 4.79 Å². The van der Waals surface area contributed by atoms with Gasteiger partial charge >= 0.3 is 5.97 Å². The fourth-order valence-corrected chi connectivity index (χ4v) is 1.68. The molecule has 2 rings (SSSR count). The molecule has 2 aromatic heterocycles. The Labute approximate surface area is 110 Å². The van der Waals surface area contributed by atoms with E-state index in [1.54, 1.807) is 25.3 Å². The van der Waals surface area contributed by atoms with Gasteiger partial charge in [0.15, 0.2) is 0 Å². The summed E-state index contributed by atoms with van der Waals surface area (Å²) >= 11 is 5.97. The molecule has 0 unspecified atom stereocenters. The van der Waals surface area contributed by atoms with E-state index < -0.39 is 5.97 Å². The minimum absolute atomic E-state index is 0.122. The van der Waals surface area contributed by atoms with Crippen LogP contribution in [-0.2, 0) is 4.74 Å². The predicted molar refractivity (Wildman–Crippen MR) is 68.4 cm³/mol. The molecule has 0 aliphatic heterocycles. The first kappa shape index (κ1) is 12.5. The van der Waals surface area contributed by atoms with E-state index in [0.717, 1.165) is 0 Å². The maximum atomic E-state index is 11.6. The van der Waals surface area contributed by atoms with Gasteiger partial charge in [-0.05, 0) is 31.2 Å². The highest BCUT2D eigenvalue weighted by Gasteiger charge is 2.13. The highest BCUT2D eigenvalue weighted by atomic mass is 35.5. The number of rotatable bonds is 3. The molecule has 0 aliphatic rings. The van der Waals surface area contributed by atoms with E-state index in [1.807, 2.05) is 18.2 Å². The fourth-order valence-electron chi connectivity index (χ4n) is 1.45. The van der Waals surface area contributed by atoms with E-state index >= 15 is 0 Å². The van der Waals surface area contributed by atoms with Crippen molar-refractivity contribution in [2.45, 2.75) is 6.92 Å². The van der Waals surface area contributed by atoms with Crippen LogP contribution in [0.5, 0.6) is 0 Å². The van der Waals surface area contributed by atoms with Gasteiger partial charge in [-0.1, -0.05) is 17.7 Å². The molecular weight excluding hydrogens is 252 g/mol. The molecule has 2 aromatic rings. The Bertz CT molecular complexity index is 558. The van der Waals surface area contributed by atoms with E-state index in [-0.39, 0.29) is 10.7 Å². The van der Waals surface area contributed by atoms with Gasteiger partial charge in [0.2, 0.25) is 0 Å². The van der Waals surface area contributed by atoms with Crippen molar-refractivity contribution in [2.24, 2.45) is 0 Å². The minimum atomic E-state index is -0.470. The molecule has 0 aliphatic carbocycles. The normalized spacial score (nSPS) is 10.1. The average molecular weight is 263 g/mol. The summed E-state index contributed by atoms with van der Waals surface area (Å²) in [5.74, 6) is -0.470. The molecule has 0 atom stereocenters. The van der Waals surface area contributed by atoms with Crippen LogP contribution in [0.25, 0.3) is 11.4 Å². The number of pyridine rings is 2. The van der Waals surface area contributed by atoms with E-state index in [4.69, 9.17) is 16.3 Å². The number of nitrogens with zero attached hydrogens (tertiary/aromatic N) is 2. The molecule has 0 spiro atoms. The highest BCUT2D eigenvalue weighted by molar-refractivity contribution is 6.32. The first-order chi connectivity index (χ1) is 8.72. The maximum Gasteiger partial charge on any atom is 0.341 e. The average Bonchev–Trinajstić information content (AvgIpc) is 2.40. The first-order valence-corrected chi connectivity index (χ1v) is 5.85. The summed E-state index contributed by atoms with van der Waals surface area (Å²) in [6, 6.07) is 8.79. The molecule has 0 aromatic carbocycles. The number of carbonyl (C=O) groups is 1. The number of aromatic nitrogens is 2. The molecular formula is C13H11ClN2O2. The van der Waals surface area contributed by atoms with Gasteiger partial charge in [0, 0.05) is 6.20 Å². The summed E-state index contributed by atoms with van der Waals surface area (Å²) in [5, 5.41) is 0.122. The van der Waals surface area contributed by atoms with Crippen LogP contribution in [-0.4, -0.2) is 22.5 Å². The molecule has 0 N–H and O–H groups in total. The Morgan fingerprint density at radius 2 is 2.11 bits per heavy atom. The summed E-state index contributed by atoms with van der Waals surface area (Å²) in [4.78, 5) is 19.9. The summed E-state index contributed by atoms with van der Waals surface area (Å²) in [5.41, 5.74) is 1.58. The van der Waals surface area contributed by atoms with Gasteiger partial charge in [0.1, 0.15) is 5.15 Å². The summed E-state index contributed by atoms with van der Waals surface area (Å²) in [7, 11) is 0. The van der Waals surface area contributed by atoms with Crippen molar-refractivity contribution < 1.29 is 9.53 Å². The molecule has 2 heterocycles. The van der Waals surface area contributed by atoms with Crippen molar-refractivity contribution in [3.8, 4) is 11.4 Å². The third kappa shape index (κ3) is 2.65. The Morgan fingerprint density at radius 3 is 2.72 bits per heavy atom. The molecule has 5 heteroatoms. The molecule has 0 saturated heterocycles. The second-order valence-electron chi connectivity index (χ2n) is 3.47. The monoisotopic (exact) mass is 262 g/mol. The van der Waals surface area contributed by atoms with Crippen molar-refractivity contribution in [2.75, 3.05) is 6.61 Å². The quantitative estimate of drug-likeness (QED) is 0.630. The molecule has 0 amide bonds. The lowest BCUT2D eigenvalue weighted by atomic mass is 10.2. The van der Waals surface area contributed by atoms with Crippen molar-refractivity contribution in [1.29, 1.82) is 0 Å². The second kappa shape index (κ2) is 5.60. The van der Waals surface area contributed by atoms with Crippen LogP contribution < -0.4 is 0 Å². The lowest BCUT2D eigenvalue weighted by Gasteiger charge is -2.05. The fraction of sp³-hybridized carbons (Fsp3) is 0.154. The number of hydrogen-bond acceptors (Lipinski definition) is 4. The lowest BCUT2D eigenvalue weighted by molar-refractivity contribution is 0.0526. The lowest BCUT2D eigenvalue weighted by Crippen LogP contribution is -2.06. The molecule has 0 fully saturated rings. The van der Waals surface area contributed by atoms with Gasteiger partial charge in [-0.2, -0.15) is 0 Å². The zero-order valence-corrected chi connectivity index (χ0v) is 10.5. The molecule has 18 heavy (non-hydrogen) atoms. The zero-order valence-electron chi connectivity index (χ0n) is 9.76. The molecule has 92 valence electrons. The van der Waals surface area contributed by atoms with Crippen molar-refractivity contribution >= 4 is 17.6 Å². The van der Waals surface area contributed by atoms with Crippen LogP contribution in [0.3, 0.4) is 0 Å². The SMILES string of the molecule is CCOC(=O)c1ccc(-c2ccccn2)nc1Cl. The number of halogens is 1. The van der Waals surface area contributed by atoms with Gasteiger partial charge in [-0.25, -0.2) is 9.78 Å². The van der Waals surface area contributed by atoms with Crippen LogP contribution in [0.1, 0.15) is 17.3 Å². The molecule has 0 bridgehead atoms. The van der Waals surface area contributed by atoms with Gasteiger partial charge < -0.3 is 4.74 Å². The van der Waals surface area contributed by atoms with Gasteiger partial charge in [-0.3, -0.25) is 4.98 Å². The van der Waals surface area contributed by atoms with Crippen LogP contribution >= 0.6 is 11.6 Å². The summed E-state index contributed by atoms with van der Waals surface area (Å²) < 4.78 is 4.88. The van der Waals surface area contributed by atoms with Gasteiger partial charge in [0.05, 0.1) is 23.6 Å². The zero-order chi connectivity index (χ0) is 13.0. The summed E-state index contributed by atoms with van der Waals surface area (Å²) in [6.45, 7) is 2.04. The Balaban J connectivity index is 2.34. The van der Waals surface area contributed by atoms with Crippen molar-refractivity contribution in [1.82, 2.24) is 9.97 Å². The third-order valence-corrected chi connectivity index (χ3v) is 2.56.